The topological polar surface area (TPSA) is 50.8 Å². The van der Waals surface area contributed by atoms with Crippen molar-refractivity contribution in [2.45, 2.75) is 51.4 Å². The van der Waals surface area contributed by atoms with Gasteiger partial charge in [0.25, 0.3) is 0 Å². The molecule has 3 aliphatic rings. The van der Waals surface area contributed by atoms with Crippen molar-refractivity contribution in [2.24, 2.45) is 11.8 Å². The predicted octanol–water partition coefficient (Wildman–Crippen LogP) is 3.36. The summed E-state index contributed by atoms with van der Waals surface area (Å²) in [6.45, 7) is 6.37. The highest BCUT2D eigenvalue weighted by Crippen LogP contribution is 2.47. The molecular weight excluding hydrogens is 316 g/mol. The van der Waals surface area contributed by atoms with E-state index >= 15 is 0 Å². The Morgan fingerprint density at radius 3 is 2.56 bits per heavy atom. The first-order valence-electron chi connectivity index (χ1n) is 9.63. The monoisotopic (exact) mass is 344 g/mol. The number of para-hydroxylation sites is 1. The molecular formula is C20H28N2O3. The SMILES string of the molecule is CCOc1ccccc1[C@@H](CC)NC(=O)N1C[C@@H]2[C@H](C1)[C@H]1CC[C@H]2O1. The summed E-state index contributed by atoms with van der Waals surface area (Å²) in [6.07, 6.45) is 3.94. The van der Waals surface area contributed by atoms with Gasteiger partial charge in [-0.05, 0) is 32.3 Å². The Kier molecular flexibility index (Phi) is 4.59. The molecule has 5 heteroatoms. The zero-order valence-corrected chi connectivity index (χ0v) is 15.1. The van der Waals surface area contributed by atoms with Gasteiger partial charge in [-0.3, -0.25) is 0 Å². The van der Waals surface area contributed by atoms with E-state index in [-0.39, 0.29) is 12.1 Å². The molecule has 0 radical (unpaired) electrons. The van der Waals surface area contributed by atoms with Crippen LogP contribution in [0.15, 0.2) is 24.3 Å². The van der Waals surface area contributed by atoms with E-state index in [2.05, 4.69) is 12.2 Å². The number of rotatable bonds is 5. The summed E-state index contributed by atoms with van der Waals surface area (Å²) in [4.78, 5) is 14.9. The van der Waals surface area contributed by atoms with Crippen molar-refractivity contribution in [1.29, 1.82) is 0 Å². The first-order chi connectivity index (χ1) is 12.2. The number of ether oxygens (including phenoxy) is 2. The van der Waals surface area contributed by atoms with Gasteiger partial charge in [0.1, 0.15) is 5.75 Å². The van der Waals surface area contributed by atoms with Crippen molar-refractivity contribution in [3.63, 3.8) is 0 Å². The van der Waals surface area contributed by atoms with Crippen molar-refractivity contribution >= 4 is 6.03 Å². The van der Waals surface area contributed by atoms with E-state index in [9.17, 15) is 4.79 Å². The molecule has 5 atom stereocenters. The average Bonchev–Trinajstić information content (AvgIpc) is 3.33. The van der Waals surface area contributed by atoms with Crippen molar-refractivity contribution in [3.05, 3.63) is 29.8 Å². The Bertz CT molecular complexity index is 617. The Balaban J connectivity index is 1.43. The molecule has 0 aromatic heterocycles. The van der Waals surface area contributed by atoms with E-state index < -0.39 is 0 Å². The van der Waals surface area contributed by atoms with Gasteiger partial charge < -0.3 is 19.7 Å². The minimum Gasteiger partial charge on any atom is -0.494 e. The van der Waals surface area contributed by atoms with Crippen LogP contribution in [0, 0.1) is 11.8 Å². The van der Waals surface area contributed by atoms with Gasteiger partial charge in [-0.15, -0.1) is 0 Å². The zero-order chi connectivity index (χ0) is 17.4. The molecule has 1 N–H and O–H groups in total. The molecule has 0 unspecified atom stereocenters. The highest BCUT2D eigenvalue weighted by Gasteiger charge is 2.53. The summed E-state index contributed by atoms with van der Waals surface area (Å²) in [5.74, 6) is 1.95. The summed E-state index contributed by atoms with van der Waals surface area (Å²) >= 11 is 0. The lowest BCUT2D eigenvalue weighted by Crippen LogP contribution is -2.41. The molecule has 0 aliphatic carbocycles. The van der Waals surface area contributed by atoms with Crippen LogP contribution < -0.4 is 10.1 Å². The lowest BCUT2D eigenvalue weighted by molar-refractivity contribution is 0.0737. The highest BCUT2D eigenvalue weighted by molar-refractivity contribution is 5.75. The minimum absolute atomic E-state index is 0.0244. The maximum Gasteiger partial charge on any atom is 0.317 e. The average molecular weight is 344 g/mol. The molecule has 1 aromatic carbocycles. The van der Waals surface area contributed by atoms with E-state index in [4.69, 9.17) is 9.47 Å². The van der Waals surface area contributed by atoms with E-state index in [1.807, 2.05) is 36.1 Å². The number of amides is 2. The number of carbonyl (C=O) groups is 1. The number of urea groups is 1. The van der Waals surface area contributed by atoms with Crippen LogP contribution in [0.4, 0.5) is 4.79 Å². The fraction of sp³-hybridized carbons (Fsp3) is 0.650. The largest absolute Gasteiger partial charge is 0.494 e. The third-order valence-electron chi connectivity index (χ3n) is 6.04. The highest BCUT2D eigenvalue weighted by atomic mass is 16.5. The second-order valence-electron chi connectivity index (χ2n) is 7.40. The van der Waals surface area contributed by atoms with Crippen molar-refractivity contribution in [2.75, 3.05) is 19.7 Å². The Morgan fingerprint density at radius 1 is 1.24 bits per heavy atom. The fourth-order valence-corrected chi connectivity index (χ4v) is 4.82. The Labute approximate surface area is 149 Å². The van der Waals surface area contributed by atoms with E-state index in [0.717, 1.165) is 30.8 Å². The number of benzene rings is 1. The van der Waals surface area contributed by atoms with Crippen LogP contribution in [-0.4, -0.2) is 42.8 Å². The van der Waals surface area contributed by atoms with Gasteiger partial charge >= 0.3 is 6.03 Å². The summed E-state index contributed by atoms with van der Waals surface area (Å²) in [5, 5.41) is 3.23. The van der Waals surface area contributed by atoms with Crippen LogP contribution in [-0.2, 0) is 4.74 Å². The van der Waals surface area contributed by atoms with E-state index in [1.54, 1.807) is 0 Å². The van der Waals surface area contributed by atoms with Gasteiger partial charge in [0.2, 0.25) is 0 Å². The molecule has 0 saturated carbocycles. The third-order valence-corrected chi connectivity index (χ3v) is 6.04. The summed E-state index contributed by atoms with van der Waals surface area (Å²) in [7, 11) is 0. The number of likely N-dealkylation sites (tertiary alicyclic amines) is 1. The molecule has 1 aromatic rings. The van der Waals surface area contributed by atoms with Crippen LogP contribution >= 0.6 is 0 Å². The smallest absolute Gasteiger partial charge is 0.317 e. The number of fused-ring (bicyclic) bond motifs is 5. The Morgan fingerprint density at radius 2 is 1.92 bits per heavy atom. The van der Waals surface area contributed by atoms with Crippen LogP contribution in [0.2, 0.25) is 0 Å². The number of nitrogens with zero attached hydrogens (tertiary/aromatic N) is 1. The van der Waals surface area contributed by atoms with Crippen molar-refractivity contribution < 1.29 is 14.3 Å². The van der Waals surface area contributed by atoms with Gasteiger partial charge in [0.15, 0.2) is 0 Å². The summed E-state index contributed by atoms with van der Waals surface area (Å²) < 4.78 is 11.7. The quantitative estimate of drug-likeness (QED) is 0.891. The maximum atomic E-state index is 12.9. The van der Waals surface area contributed by atoms with Crippen LogP contribution in [0.3, 0.4) is 0 Å². The fourth-order valence-electron chi connectivity index (χ4n) is 4.82. The number of hydrogen-bond donors (Lipinski definition) is 1. The minimum atomic E-state index is -0.0244. The molecule has 3 heterocycles. The number of carbonyl (C=O) groups excluding carboxylic acids is 1. The summed E-state index contributed by atoms with van der Waals surface area (Å²) in [6, 6.07) is 8.02. The second kappa shape index (κ2) is 6.87. The van der Waals surface area contributed by atoms with E-state index in [1.165, 1.54) is 12.8 Å². The predicted molar refractivity (Wildman–Crippen MR) is 95.6 cm³/mol. The lowest BCUT2D eigenvalue weighted by Gasteiger charge is -2.25. The molecule has 0 spiro atoms. The Hall–Kier alpha value is -1.75. The standard InChI is InChI=1S/C20H28N2O3/c1-3-16(13-7-5-6-8-17(13)24-4-2)21-20(23)22-11-14-15(12-22)19-10-9-18(14)25-19/h5-8,14-16,18-19H,3-4,9-12H2,1-2H3,(H,21,23)/t14-,15+,16-,18-,19-/m1/s1. The molecule has 2 amide bonds. The molecule has 4 rings (SSSR count). The number of hydrogen-bond acceptors (Lipinski definition) is 3. The molecule has 3 saturated heterocycles. The van der Waals surface area contributed by atoms with Gasteiger partial charge in [-0.2, -0.15) is 0 Å². The van der Waals surface area contributed by atoms with Crippen LogP contribution in [0.1, 0.15) is 44.7 Å². The number of nitrogens with one attached hydrogen (secondary N) is 1. The van der Waals surface area contributed by atoms with Gasteiger partial charge in [-0.25, -0.2) is 4.79 Å². The van der Waals surface area contributed by atoms with Crippen molar-refractivity contribution in [3.8, 4) is 5.75 Å². The molecule has 25 heavy (non-hydrogen) atoms. The maximum absolute atomic E-state index is 12.9. The van der Waals surface area contributed by atoms with E-state index in [0.29, 0.717) is 30.7 Å². The van der Waals surface area contributed by atoms with Gasteiger partial charge in [0.05, 0.1) is 24.9 Å². The normalized spacial score (nSPS) is 31.0. The van der Waals surface area contributed by atoms with Crippen LogP contribution in [0.25, 0.3) is 0 Å². The molecule has 5 nitrogen and oxygen atoms in total. The lowest BCUT2D eigenvalue weighted by atomic mass is 9.82. The molecule has 2 bridgehead atoms. The second-order valence-corrected chi connectivity index (χ2v) is 7.40. The van der Waals surface area contributed by atoms with Gasteiger partial charge in [0, 0.05) is 30.5 Å². The van der Waals surface area contributed by atoms with Crippen LogP contribution in [0.5, 0.6) is 5.75 Å². The first-order valence-corrected chi connectivity index (χ1v) is 9.63. The molecule has 3 fully saturated rings. The molecule has 136 valence electrons. The zero-order valence-electron chi connectivity index (χ0n) is 15.1. The first kappa shape index (κ1) is 16.7. The third kappa shape index (κ3) is 2.99. The van der Waals surface area contributed by atoms with Crippen molar-refractivity contribution in [1.82, 2.24) is 10.2 Å². The van der Waals surface area contributed by atoms with Gasteiger partial charge in [-0.1, -0.05) is 25.1 Å². The molecule has 3 aliphatic heterocycles. The summed E-state index contributed by atoms with van der Waals surface area (Å²) in [5.41, 5.74) is 1.06.